The van der Waals surface area contributed by atoms with Crippen molar-refractivity contribution in [3.63, 3.8) is 0 Å². The SMILES string of the molecule is O=c1[nH]cc(S(=O)(=O)Nc2cccc(F)c2F)cc1Cl. The lowest BCUT2D eigenvalue weighted by Gasteiger charge is -2.09. The van der Waals surface area contributed by atoms with E-state index in [-0.39, 0.29) is 9.92 Å². The number of benzene rings is 1. The maximum absolute atomic E-state index is 13.4. The molecule has 0 aliphatic carbocycles. The summed E-state index contributed by atoms with van der Waals surface area (Å²) in [7, 11) is -4.20. The van der Waals surface area contributed by atoms with Gasteiger partial charge in [-0.3, -0.25) is 9.52 Å². The first kappa shape index (κ1) is 14.5. The number of hydrogen-bond acceptors (Lipinski definition) is 3. The van der Waals surface area contributed by atoms with Crippen LogP contribution in [0.2, 0.25) is 5.02 Å². The molecule has 2 aromatic rings. The van der Waals surface area contributed by atoms with Gasteiger partial charge in [0.05, 0.1) is 5.69 Å². The van der Waals surface area contributed by atoms with E-state index < -0.39 is 32.9 Å². The zero-order valence-electron chi connectivity index (χ0n) is 9.65. The van der Waals surface area contributed by atoms with Crippen molar-refractivity contribution in [3.8, 4) is 0 Å². The molecule has 0 unspecified atom stereocenters. The number of rotatable bonds is 3. The summed E-state index contributed by atoms with van der Waals surface area (Å²) >= 11 is 5.51. The van der Waals surface area contributed by atoms with Gasteiger partial charge in [0.2, 0.25) is 0 Å². The van der Waals surface area contributed by atoms with Crippen molar-refractivity contribution in [2.75, 3.05) is 4.72 Å². The smallest absolute Gasteiger partial charge is 0.266 e. The van der Waals surface area contributed by atoms with Crippen LogP contribution in [-0.2, 0) is 10.0 Å². The van der Waals surface area contributed by atoms with E-state index in [1.807, 2.05) is 4.72 Å². The highest BCUT2D eigenvalue weighted by Crippen LogP contribution is 2.21. The minimum atomic E-state index is -4.20. The molecule has 0 atom stereocenters. The van der Waals surface area contributed by atoms with Gasteiger partial charge in [-0.25, -0.2) is 17.2 Å². The van der Waals surface area contributed by atoms with Crippen molar-refractivity contribution in [1.82, 2.24) is 4.98 Å². The first-order chi connectivity index (χ1) is 9.31. The topological polar surface area (TPSA) is 79.0 Å². The van der Waals surface area contributed by atoms with Gasteiger partial charge in [0.1, 0.15) is 9.92 Å². The summed E-state index contributed by atoms with van der Waals surface area (Å²) in [6, 6.07) is 3.96. The number of pyridine rings is 1. The molecular formula is C11H7ClF2N2O3S. The molecule has 0 saturated carbocycles. The van der Waals surface area contributed by atoms with Crippen LogP contribution in [0.25, 0.3) is 0 Å². The molecular weight excluding hydrogens is 314 g/mol. The second-order valence-corrected chi connectivity index (χ2v) is 5.81. The Morgan fingerprint density at radius 1 is 1.25 bits per heavy atom. The fourth-order valence-electron chi connectivity index (χ4n) is 1.38. The summed E-state index contributed by atoms with van der Waals surface area (Å²) < 4.78 is 52.2. The molecule has 1 aromatic carbocycles. The third-order valence-corrected chi connectivity index (χ3v) is 3.96. The number of nitrogens with one attached hydrogen (secondary N) is 2. The molecule has 0 bridgehead atoms. The summed E-state index contributed by atoms with van der Waals surface area (Å²) in [6.07, 6.45) is 0.897. The van der Waals surface area contributed by atoms with Crippen LogP contribution in [0.1, 0.15) is 0 Å². The van der Waals surface area contributed by atoms with Crippen molar-refractivity contribution in [3.05, 3.63) is 57.5 Å². The molecule has 0 saturated heterocycles. The fraction of sp³-hybridized carbons (Fsp3) is 0. The van der Waals surface area contributed by atoms with Gasteiger partial charge in [-0.2, -0.15) is 0 Å². The maximum atomic E-state index is 13.4. The minimum Gasteiger partial charge on any atom is -0.326 e. The van der Waals surface area contributed by atoms with E-state index in [0.29, 0.717) is 0 Å². The summed E-state index contributed by atoms with van der Waals surface area (Å²) in [5.41, 5.74) is -1.21. The Bertz CT molecular complexity index is 821. The van der Waals surface area contributed by atoms with Crippen LogP contribution in [0.5, 0.6) is 0 Å². The summed E-state index contributed by atoms with van der Waals surface area (Å²) in [4.78, 5) is 12.8. The predicted octanol–water partition coefficient (Wildman–Crippen LogP) is 2.11. The molecule has 2 N–H and O–H groups in total. The Morgan fingerprint density at radius 2 is 1.95 bits per heavy atom. The number of hydrogen-bond donors (Lipinski definition) is 2. The molecule has 106 valence electrons. The first-order valence-corrected chi connectivity index (χ1v) is 7.02. The third kappa shape index (κ3) is 2.81. The quantitative estimate of drug-likeness (QED) is 0.909. The van der Waals surface area contributed by atoms with Crippen LogP contribution < -0.4 is 10.3 Å². The minimum absolute atomic E-state index is 0.340. The van der Waals surface area contributed by atoms with Crippen LogP contribution in [-0.4, -0.2) is 13.4 Å². The van der Waals surface area contributed by atoms with Gasteiger partial charge in [-0.15, -0.1) is 0 Å². The van der Waals surface area contributed by atoms with E-state index in [9.17, 15) is 22.0 Å². The van der Waals surface area contributed by atoms with E-state index in [1.165, 1.54) is 0 Å². The maximum Gasteiger partial charge on any atom is 0.266 e. The Morgan fingerprint density at radius 3 is 2.60 bits per heavy atom. The van der Waals surface area contributed by atoms with Crippen molar-refractivity contribution >= 4 is 27.3 Å². The van der Waals surface area contributed by atoms with Crippen LogP contribution >= 0.6 is 11.6 Å². The largest absolute Gasteiger partial charge is 0.326 e. The zero-order chi connectivity index (χ0) is 14.9. The summed E-state index contributed by atoms with van der Waals surface area (Å²) in [6.45, 7) is 0. The van der Waals surface area contributed by atoms with Crippen LogP contribution in [0, 0.1) is 11.6 Å². The Labute approximate surface area is 117 Å². The Balaban J connectivity index is 2.43. The highest BCUT2D eigenvalue weighted by atomic mass is 35.5. The average Bonchev–Trinajstić information content (AvgIpc) is 2.38. The first-order valence-electron chi connectivity index (χ1n) is 5.16. The molecule has 2 rings (SSSR count). The molecule has 0 spiro atoms. The van der Waals surface area contributed by atoms with Crippen molar-refractivity contribution in [2.45, 2.75) is 4.90 Å². The Hall–Kier alpha value is -1.93. The highest BCUT2D eigenvalue weighted by molar-refractivity contribution is 7.92. The second kappa shape index (κ2) is 5.22. The van der Waals surface area contributed by atoms with E-state index in [2.05, 4.69) is 4.98 Å². The fourth-order valence-corrected chi connectivity index (χ4v) is 2.67. The highest BCUT2D eigenvalue weighted by Gasteiger charge is 2.19. The number of anilines is 1. The molecule has 0 aliphatic heterocycles. The summed E-state index contributed by atoms with van der Waals surface area (Å²) in [5, 5.41) is -0.340. The van der Waals surface area contributed by atoms with Crippen molar-refractivity contribution < 1.29 is 17.2 Å². The van der Waals surface area contributed by atoms with Gasteiger partial charge in [0, 0.05) is 6.20 Å². The third-order valence-electron chi connectivity index (χ3n) is 2.34. The molecule has 0 amide bonds. The van der Waals surface area contributed by atoms with Crippen LogP contribution in [0.4, 0.5) is 14.5 Å². The predicted molar refractivity (Wildman–Crippen MR) is 69.2 cm³/mol. The van der Waals surface area contributed by atoms with E-state index in [4.69, 9.17) is 11.6 Å². The number of aromatic nitrogens is 1. The number of aromatic amines is 1. The van der Waals surface area contributed by atoms with E-state index >= 15 is 0 Å². The Kier molecular flexibility index (Phi) is 3.78. The monoisotopic (exact) mass is 320 g/mol. The molecule has 5 nitrogen and oxygen atoms in total. The van der Waals surface area contributed by atoms with Crippen LogP contribution in [0.3, 0.4) is 0 Å². The lowest BCUT2D eigenvalue weighted by atomic mass is 10.3. The van der Waals surface area contributed by atoms with Crippen LogP contribution in [0.15, 0.2) is 40.2 Å². The van der Waals surface area contributed by atoms with Gasteiger partial charge in [0.25, 0.3) is 15.6 Å². The number of halogens is 3. The lowest BCUT2D eigenvalue weighted by Crippen LogP contribution is -2.17. The molecule has 9 heteroatoms. The molecule has 1 aromatic heterocycles. The van der Waals surface area contributed by atoms with Gasteiger partial charge in [0.15, 0.2) is 11.6 Å². The molecule has 0 aliphatic rings. The standard InChI is InChI=1S/C11H7ClF2N2O3S/c12-7-4-6(5-15-11(7)17)20(18,19)16-9-3-1-2-8(13)10(9)14/h1-5,16H,(H,15,17). The number of H-pyrrole nitrogens is 1. The summed E-state index contributed by atoms with van der Waals surface area (Å²) in [5.74, 6) is -2.52. The van der Waals surface area contributed by atoms with Gasteiger partial charge in [-0.05, 0) is 18.2 Å². The molecule has 0 radical (unpaired) electrons. The lowest BCUT2D eigenvalue weighted by molar-refractivity contribution is 0.511. The molecule has 1 heterocycles. The average molecular weight is 321 g/mol. The van der Waals surface area contributed by atoms with Gasteiger partial charge < -0.3 is 4.98 Å². The van der Waals surface area contributed by atoms with Crippen molar-refractivity contribution in [1.29, 1.82) is 0 Å². The van der Waals surface area contributed by atoms with E-state index in [1.54, 1.807) is 0 Å². The second-order valence-electron chi connectivity index (χ2n) is 3.72. The normalized spacial score (nSPS) is 11.3. The number of sulfonamides is 1. The van der Waals surface area contributed by atoms with E-state index in [0.717, 1.165) is 30.5 Å². The van der Waals surface area contributed by atoms with Gasteiger partial charge in [-0.1, -0.05) is 17.7 Å². The van der Waals surface area contributed by atoms with Crippen molar-refractivity contribution in [2.24, 2.45) is 0 Å². The molecule has 20 heavy (non-hydrogen) atoms. The molecule has 0 fully saturated rings. The zero-order valence-corrected chi connectivity index (χ0v) is 11.2. The van der Waals surface area contributed by atoms with Gasteiger partial charge >= 0.3 is 0 Å².